The van der Waals surface area contributed by atoms with Crippen LogP contribution in [0.2, 0.25) is 0 Å². The van der Waals surface area contributed by atoms with Crippen LogP contribution in [-0.2, 0) is 14.3 Å². The zero-order chi connectivity index (χ0) is 18.1. The van der Waals surface area contributed by atoms with Gasteiger partial charge in [0.05, 0.1) is 0 Å². The first-order valence-corrected chi connectivity index (χ1v) is 7.15. The quantitative estimate of drug-likeness (QED) is 0.647. The van der Waals surface area contributed by atoms with Crippen molar-refractivity contribution in [2.45, 2.75) is 20.0 Å². The maximum Gasteiger partial charge on any atom is 0.326 e. The molecule has 0 aliphatic heterocycles. The molecular formula is C15H18FN3O5. The lowest BCUT2D eigenvalue weighted by atomic mass is 10.2. The highest BCUT2D eigenvalue weighted by molar-refractivity contribution is 5.98. The van der Waals surface area contributed by atoms with Gasteiger partial charge in [0.2, 0.25) is 0 Å². The van der Waals surface area contributed by atoms with Gasteiger partial charge in [0.25, 0.3) is 11.8 Å². The first kappa shape index (κ1) is 19.1. The number of benzene rings is 1. The summed E-state index contributed by atoms with van der Waals surface area (Å²) in [5, 5.41) is 6.58. The van der Waals surface area contributed by atoms with E-state index in [0.717, 1.165) is 6.07 Å². The van der Waals surface area contributed by atoms with Crippen molar-refractivity contribution in [2.75, 3.05) is 13.1 Å². The minimum atomic E-state index is -1.22. The molecule has 0 radical (unpaired) electrons. The van der Waals surface area contributed by atoms with E-state index >= 15 is 0 Å². The van der Waals surface area contributed by atoms with E-state index in [1.807, 2.05) is 5.32 Å². The van der Waals surface area contributed by atoms with Gasteiger partial charge in [-0.1, -0.05) is 6.07 Å². The predicted molar refractivity (Wildman–Crippen MR) is 81.5 cm³/mol. The van der Waals surface area contributed by atoms with Gasteiger partial charge in [0.15, 0.2) is 6.10 Å². The lowest BCUT2D eigenvalue weighted by Gasteiger charge is -2.13. The number of rotatable bonds is 6. The number of carbonyl (C=O) groups excluding carboxylic acids is 4. The molecule has 1 atom stereocenters. The molecular weight excluding hydrogens is 321 g/mol. The third kappa shape index (κ3) is 6.42. The number of ether oxygens (including phenoxy) is 1. The molecule has 0 aliphatic rings. The summed E-state index contributed by atoms with van der Waals surface area (Å²) in [4.78, 5) is 46.1. The van der Waals surface area contributed by atoms with E-state index < -0.39 is 42.3 Å². The van der Waals surface area contributed by atoms with Crippen molar-refractivity contribution in [3.05, 3.63) is 35.6 Å². The van der Waals surface area contributed by atoms with Gasteiger partial charge in [-0.25, -0.2) is 9.18 Å². The van der Waals surface area contributed by atoms with Gasteiger partial charge >= 0.3 is 12.0 Å². The maximum absolute atomic E-state index is 13.0. The van der Waals surface area contributed by atoms with Crippen molar-refractivity contribution in [1.82, 2.24) is 16.0 Å². The zero-order valence-electron chi connectivity index (χ0n) is 13.2. The number of esters is 1. The molecule has 0 fully saturated rings. The topological polar surface area (TPSA) is 114 Å². The Balaban J connectivity index is 2.41. The van der Waals surface area contributed by atoms with E-state index in [4.69, 9.17) is 4.74 Å². The number of imide groups is 1. The van der Waals surface area contributed by atoms with Crippen LogP contribution in [0.4, 0.5) is 9.18 Å². The smallest absolute Gasteiger partial charge is 0.326 e. The first-order chi connectivity index (χ1) is 11.3. The summed E-state index contributed by atoms with van der Waals surface area (Å²) < 4.78 is 17.8. The van der Waals surface area contributed by atoms with Gasteiger partial charge in [0.1, 0.15) is 12.4 Å². The third-order valence-electron chi connectivity index (χ3n) is 2.73. The van der Waals surface area contributed by atoms with Crippen LogP contribution in [0.3, 0.4) is 0 Å². The summed E-state index contributed by atoms with van der Waals surface area (Å²) in [5.41, 5.74) is 0.0461. The molecule has 0 aliphatic carbocycles. The fraction of sp³-hybridized carbons (Fsp3) is 0.333. The maximum atomic E-state index is 13.0. The largest absolute Gasteiger partial charge is 0.451 e. The van der Waals surface area contributed by atoms with E-state index in [1.54, 1.807) is 6.92 Å². The molecule has 8 nitrogen and oxygen atoms in total. The average Bonchev–Trinajstić information content (AvgIpc) is 2.52. The molecule has 1 aromatic carbocycles. The third-order valence-corrected chi connectivity index (χ3v) is 2.73. The Morgan fingerprint density at radius 2 is 1.92 bits per heavy atom. The molecule has 0 unspecified atom stereocenters. The molecule has 0 saturated carbocycles. The monoisotopic (exact) mass is 339 g/mol. The second-order valence-electron chi connectivity index (χ2n) is 4.67. The van der Waals surface area contributed by atoms with Crippen LogP contribution in [0.5, 0.6) is 0 Å². The highest BCUT2D eigenvalue weighted by Gasteiger charge is 2.20. The first-order valence-electron chi connectivity index (χ1n) is 7.15. The molecule has 0 saturated heterocycles. The highest BCUT2D eigenvalue weighted by Crippen LogP contribution is 2.03. The second-order valence-corrected chi connectivity index (χ2v) is 4.67. The van der Waals surface area contributed by atoms with Gasteiger partial charge in [-0.3, -0.25) is 19.7 Å². The number of urea groups is 1. The Kier molecular flexibility index (Phi) is 7.34. The van der Waals surface area contributed by atoms with Gasteiger partial charge in [-0.2, -0.15) is 0 Å². The van der Waals surface area contributed by atoms with Gasteiger partial charge in [-0.05, 0) is 32.0 Å². The fourth-order valence-corrected chi connectivity index (χ4v) is 1.59. The summed E-state index contributed by atoms with van der Waals surface area (Å²) in [6, 6.07) is 4.23. The van der Waals surface area contributed by atoms with Crippen LogP contribution in [-0.4, -0.2) is 43.0 Å². The van der Waals surface area contributed by atoms with Crippen molar-refractivity contribution >= 4 is 23.8 Å². The molecule has 0 heterocycles. The van der Waals surface area contributed by atoms with Crippen LogP contribution in [0.25, 0.3) is 0 Å². The Morgan fingerprint density at radius 3 is 2.54 bits per heavy atom. The normalized spacial score (nSPS) is 11.1. The van der Waals surface area contributed by atoms with Crippen molar-refractivity contribution in [3.8, 4) is 0 Å². The lowest BCUT2D eigenvalue weighted by molar-refractivity contribution is -0.153. The average molecular weight is 339 g/mol. The minimum absolute atomic E-state index is 0.0461. The second kappa shape index (κ2) is 9.23. The van der Waals surface area contributed by atoms with Crippen molar-refractivity contribution in [2.24, 2.45) is 0 Å². The zero-order valence-corrected chi connectivity index (χ0v) is 13.2. The van der Waals surface area contributed by atoms with Gasteiger partial charge in [-0.15, -0.1) is 0 Å². The number of amides is 4. The van der Waals surface area contributed by atoms with E-state index in [-0.39, 0.29) is 5.56 Å². The summed E-state index contributed by atoms with van der Waals surface area (Å²) in [7, 11) is 0. The number of carbonyl (C=O) groups is 4. The fourth-order valence-electron chi connectivity index (χ4n) is 1.59. The summed E-state index contributed by atoms with van der Waals surface area (Å²) in [6.07, 6.45) is -1.22. The van der Waals surface area contributed by atoms with E-state index in [0.29, 0.717) is 6.54 Å². The van der Waals surface area contributed by atoms with E-state index in [1.165, 1.54) is 25.1 Å². The Bertz CT molecular complexity index is 635. The number of nitrogens with one attached hydrogen (secondary N) is 3. The van der Waals surface area contributed by atoms with E-state index in [2.05, 4.69) is 10.6 Å². The molecule has 0 spiro atoms. The molecule has 24 heavy (non-hydrogen) atoms. The Hall–Kier alpha value is -2.97. The number of hydrogen-bond acceptors (Lipinski definition) is 5. The van der Waals surface area contributed by atoms with Gasteiger partial charge < -0.3 is 15.4 Å². The molecule has 0 aromatic heterocycles. The molecule has 4 amide bonds. The number of halogens is 1. The van der Waals surface area contributed by atoms with Crippen LogP contribution in [0.1, 0.15) is 24.2 Å². The molecule has 9 heteroatoms. The summed E-state index contributed by atoms with van der Waals surface area (Å²) in [6.45, 7) is 2.78. The van der Waals surface area contributed by atoms with Crippen LogP contribution >= 0.6 is 0 Å². The van der Waals surface area contributed by atoms with Crippen LogP contribution in [0, 0.1) is 5.82 Å². The minimum Gasteiger partial charge on any atom is -0.451 e. The lowest BCUT2D eigenvalue weighted by Crippen LogP contribution is -2.45. The SMILES string of the molecule is CCNC(=O)NC(=O)[C@H](C)OC(=O)CNC(=O)c1cccc(F)c1. The molecule has 1 aromatic rings. The summed E-state index contributed by atoms with van der Waals surface area (Å²) >= 11 is 0. The van der Waals surface area contributed by atoms with E-state index in [9.17, 15) is 23.6 Å². The van der Waals surface area contributed by atoms with Gasteiger partial charge in [0, 0.05) is 12.1 Å². The molecule has 130 valence electrons. The van der Waals surface area contributed by atoms with Crippen molar-refractivity contribution < 1.29 is 28.3 Å². The Morgan fingerprint density at radius 1 is 1.21 bits per heavy atom. The molecule has 1 rings (SSSR count). The van der Waals surface area contributed by atoms with Crippen molar-refractivity contribution in [3.63, 3.8) is 0 Å². The summed E-state index contributed by atoms with van der Waals surface area (Å²) in [5.74, 6) is -2.92. The van der Waals surface area contributed by atoms with Crippen LogP contribution in [0.15, 0.2) is 24.3 Å². The van der Waals surface area contributed by atoms with Crippen molar-refractivity contribution in [1.29, 1.82) is 0 Å². The Labute approximate surface area is 137 Å². The predicted octanol–water partition coefficient (Wildman–Crippen LogP) is 0.333. The molecule has 0 bridgehead atoms. The highest BCUT2D eigenvalue weighted by atomic mass is 19.1. The van der Waals surface area contributed by atoms with Crippen LogP contribution < -0.4 is 16.0 Å². The number of hydrogen-bond donors (Lipinski definition) is 3. The standard InChI is InChI=1S/C15H18FN3O5/c1-3-17-15(23)19-13(21)9(2)24-12(20)8-18-14(22)10-5-4-6-11(16)7-10/h4-7,9H,3,8H2,1-2H3,(H,18,22)(H2,17,19,21,23)/t9-/m0/s1. The molecule has 3 N–H and O–H groups in total.